The lowest BCUT2D eigenvalue weighted by atomic mass is 9.99. The standard InChI is InChI=1S/C16H18N2S/c1-11-7-13(10-18-9-11)16(17-2)15-8-12-5-3-4-6-14(12)19-15/h3-7,9-10,15-17H,8H2,1-2H3. The number of pyridine rings is 1. The molecule has 2 unspecified atom stereocenters. The second-order valence-electron chi connectivity index (χ2n) is 5.03. The summed E-state index contributed by atoms with van der Waals surface area (Å²) in [7, 11) is 2.04. The maximum atomic E-state index is 4.32. The largest absolute Gasteiger partial charge is 0.312 e. The van der Waals surface area contributed by atoms with Crippen LogP contribution in [0.5, 0.6) is 0 Å². The van der Waals surface area contributed by atoms with Gasteiger partial charge in [-0.25, -0.2) is 0 Å². The fourth-order valence-corrected chi connectivity index (χ4v) is 4.19. The average molecular weight is 270 g/mol. The zero-order chi connectivity index (χ0) is 13.2. The highest BCUT2D eigenvalue weighted by molar-refractivity contribution is 8.00. The van der Waals surface area contributed by atoms with Crippen molar-refractivity contribution in [2.45, 2.75) is 29.5 Å². The van der Waals surface area contributed by atoms with E-state index < -0.39 is 0 Å². The van der Waals surface area contributed by atoms with Crippen molar-refractivity contribution in [2.75, 3.05) is 7.05 Å². The van der Waals surface area contributed by atoms with Crippen molar-refractivity contribution in [1.82, 2.24) is 10.3 Å². The Morgan fingerprint density at radius 1 is 1.32 bits per heavy atom. The molecule has 98 valence electrons. The Hall–Kier alpha value is -1.32. The Balaban J connectivity index is 1.86. The zero-order valence-electron chi connectivity index (χ0n) is 11.3. The van der Waals surface area contributed by atoms with Crippen LogP contribution in [-0.4, -0.2) is 17.3 Å². The van der Waals surface area contributed by atoms with Gasteiger partial charge >= 0.3 is 0 Å². The van der Waals surface area contributed by atoms with E-state index in [2.05, 4.69) is 47.6 Å². The number of nitrogens with one attached hydrogen (secondary N) is 1. The number of thioether (sulfide) groups is 1. The molecular weight excluding hydrogens is 252 g/mol. The first kappa shape index (κ1) is 12.7. The molecule has 1 N–H and O–H groups in total. The summed E-state index contributed by atoms with van der Waals surface area (Å²) in [6.45, 7) is 2.10. The zero-order valence-corrected chi connectivity index (χ0v) is 12.1. The van der Waals surface area contributed by atoms with Crippen LogP contribution < -0.4 is 5.32 Å². The summed E-state index contributed by atoms with van der Waals surface area (Å²) < 4.78 is 0. The number of rotatable bonds is 3. The molecule has 2 atom stereocenters. The van der Waals surface area contributed by atoms with Gasteiger partial charge in [0.15, 0.2) is 0 Å². The van der Waals surface area contributed by atoms with Crippen LogP contribution in [0.25, 0.3) is 0 Å². The Labute approximate surface area is 118 Å². The topological polar surface area (TPSA) is 24.9 Å². The van der Waals surface area contributed by atoms with Crippen molar-refractivity contribution < 1.29 is 0 Å². The van der Waals surface area contributed by atoms with Crippen molar-refractivity contribution in [2.24, 2.45) is 0 Å². The summed E-state index contributed by atoms with van der Waals surface area (Å²) in [4.78, 5) is 5.75. The molecule has 1 aromatic carbocycles. The second kappa shape index (κ2) is 5.35. The molecule has 1 aromatic heterocycles. The highest BCUT2D eigenvalue weighted by Crippen LogP contribution is 2.42. The number of benzene rings is 1. The van der Waals surface area contributed by atoms with E-state index >= 15 is 0 Å². The molecule has 0 bridgehead atoms. The summed E-state index contributed by atoms with van der Waals surface area (Å²) in [6, 6.07) is 11.3. The van der Waals surface area contributed by atoms with E-state index in [-0.39, 0.29) is 0 Å². The van der Waals surface area contributed by atoms with Crippen LogP contribution in [0.3, 0.4) is 0 Å². The Morgan fingerprint density at radius 3 is 2.89 bits per heavy atom. The van der Waals surface area contributed by atoms with E-state index in [1.165, 1.54) is 21.6 Å². The van der Waals surface area contributed by atoms with Crippen molar-refractivity contribution in [3.63, 3.8) is 0 Å². The molecule has 0 radical (unpaired) electrons. The van der Waals surface area contributed by atoms with E-state index in [0.29, 0.717) is 11.3 Å². The van der Waals surface area contributed by atoms with Crippen LogP contribution in [-0.2, 0) is 6.42 Å². The minimum Gasteiger partial charge on any atom is -0.312 e. The van der Waals surface area contributed by atoms with Crippen LogP contribution in [0, 0.1) is 6.92 Å². The molecule has 0 fully saturated rings. The number of hydrogen-bond donors (Lipinski definition) is 1. The van der Waals surface area contributed by atoms with Crippen LogP contribution in [0.1, 0.15) is 22.7 Å². The summed E-state index contributed by atoms with van der Waals surface area (Å²) in [5.41, 5.74) is 3.98. The predicted octanol–water partition coefficient (Wildman–Crippen LogP) is 3.37. The van der Waals surface area contributed by atoms with Gasteiger partial charge in [0.25, 0.3) is 0 Å². The van der Waals surface area contributed by atoms with E-state index in [9.17, 15) is 0 Å². The normalized spacial score (nSPS) is 19.2. The third kappa shape index (κ3) is 2.53. The van der Waals surface area contributed by atoms with Gasteiger partial charge in [-0.1, -0.05) is 24.3 Å². The van der Waals surface area contributed by atoms with Crippen molar-refractivity contribution >= 4 is 11.8 Å². The van der Waals surface area contributed by atoms with Crippen molar-refractivity contribution in [3.8, 4) is 0 Å². The molecule has 0 aliphatic carbocycles. The van der Waals surface area contributed by atoms with Crippen LogP contribution >= 0.6 is 11.8 Å². The molecule has 3 heteroatoms. The number of hydrogen-bond acceptors (Lipinski definition) is 3. The van der Waals surface area contributed by atoms with Crippen LogP contribution in [0.15, 0.2) is 47.6 Å². The lowest BCUT2D eigenvalue weighted by Gasteiger charge is -2.22. The fraction of sp³-hybridized carbons (Fsp3) is 0.312. The maximum absolute atomic E-state index is 4.32. The molecule has 2 heterocycles. The van der Waals surface area contributed by atoms with Gasteiger partial charge in [0.1, 0.15) is 0 Å². The molecule has 2 nitrogen and oxygen atoms in total. The lowest BCUT2D eigenvalue weighted by molar-refractivity contribution is 0.566. The quantitative estimate of drug-likeness (QED) is 0.925. The minimum atomic E-state index is 0.352. The van der Waals surface area contributed by atoms with Crippen LogP contribution in [0.2, 0.25) is 0 Å². The summed E-state index contributed by atoms with van der Waals surface area (Å²) in [5, 5.41) is 4.01. The molecule has 1 aliphatic heterocycles. The molecule has 3 rings (SSSR count). The van der Waals surface area contributed by atoms with E-state index in [1.807, 2.05) is 31.2 Å². The van der Waals surface area contributed by atoms with Gasteiger partial charge in [-0.2, -0.15) is 0 Å². The third-order valence-electron chi connectivity index (χ3n) is 3.61. The summed E-state index contributed by atoms with van der Waals surface area (Å²) >= 11 is 1.98. The van der Waals surface area contributed by atoms with E-state index in [4.69, 9.17) is 0 Å². The van der Waals surface area contributed by atoms with E-state index in [0.717, 1.165) is 6.42 Å². The van der Waals surface area contributed by atoms with Crippen LogP contribution in [0.4, 0.5) is 0 Å². The monoisotopic (exact) mass is 270 g/mol. The maximum Gasteiger partial charge on any atom is 0.0460 e. The Morgan fingerprint density at radius 2 is 2.16 bits per heavy atom. The average Bonchev–Trinajstić information content (AvgIpc) is 2.83. The summed E-state index contributed by atoms with van der Waals surface area (Å²) in [5.74, 6) is 0. The first-order chi connectivity index (χ1) is 9.28. The minimum absolute atomic E-state index is 0.352. The second-order valence-corrected chi connectivity index (χ2v) is 6.31. The summed E-state index contributed by atoms with van der Waals surface area (Å²) in [6.07, 6.45) is 5.02. The third-order valence-corrected chi connectivity index (χ3v) is 5.00. The molecule has 0 saturated heterocycles. The smallest absolute Gasteiger partial charge is 0.0460 e. The first-order valence-corrected chi connectivity index (χ1v) is 7.49. The molecule has 0 amide bonds. The van der Waals surface area contributed by atoms with Gasteiger partial charge in [0.05, 0.1) is 0 Å². The lowest BCUT2D eigenvalue weighted by Crippen LogP contribution is -2.27. The number of aryl methyl sites for hydroxylation is 1. The Bertz CT molecular complexity index is 557. The highest BCUT2D eigenvalue weighted by atomic mass is 32.2. The highest BCUT2D eigenvalue weighted by Gasteiger charge is 2.29. The van der Waals surface area contributed by atoms with Gasteiger partial charge in [-0.05, 0) is 43.1 Å². The molecule has 2 aromatic rings. The van der Waals surface area contributed by atoms with Gasteiger partial charge in [-0.15, -0.1) is 11.8 Å². The number of nitrogens with zero attached hydrogens (tertiary/aromatic N) is 1. The SMILES string of the molecule is CNC(c1cncc(C)c1)C1Cc2ccccc2S1. The molecule has 1 aliphatic rings. The predicted molar refractivity (Wildman–Crippen MR) is 80.6 cm³/mol. The molecule has 0 saturated carbocycles. The van der Waals surface area contributed by atoms with Crippen molar-refractivity contribution in [1.29, 1.82) is 0 Å². The van der Waals surface area contributed by atoms with Gasteiger partial charge in [-0.3, -0.25) is 4.98 Å². The van der Waals surface area contributed by atoms with Gasteiger partial charge in [0.2, 0.25) is 0 Å². The molecule has 19 heavy (non-hydrogen) atoms. The molecular formula is C16H18N2S. The van der Waals surface area contributed by atoms with Gasteiger partial charge in [0, 0.05) is 28.6 Å². The number of fused-ring (bicyclic) bond motifs is 1. The van der Waals surface area contributed by atoms with E-state index in [1.54, 1.807) is 0 Å². The first-order valence-electron chi connectivity index (χ1n) is 6.61. The fourth-order valence-electron chi connectivity index (χ4n) is 2.71. The number of aromatic nitrogens is 1. The molecule has 0 spiro atoms. The van der Waals surface area contributed by atoms with Crippen molar-refractivity contribution in [3.05, 3.63) is 59.4 Å². The van der Waals surface area contributed by atoms with Gasteiger partial charge < -0.3 is 5.32 Å². The Kier molecular flexibility index (Phi) is 3.58.